The van der Waals surface area contributed by atoms with Gasteiger partial charge in [-0.2, -0.15) is 0 Å². The first kappa shape index (κ1) is 16.2. The van der Waals surface area contributed by atoms with Gasteiger partial charge in [-0.1, -0.05) is 78.3 Å². The summed E-state index contributed by atoms with van der Waals surface area (Å²) < 4.78 is 0. The number of hydrogen-bond donors (Lipinski definition) is 1. The number of rotatable bonds is 5. The van der Waals surface area contributed by atoms with Crippen LogP contribution in [0.1, 0.15) is 23.5 Å². The van der Waals surface area contributed by atoms with Gasteiger partial charge in [0.05, 0.1) is 0 Å². The van der Waals surface area contributed by atoms with E-state index in [2.05, 4.69) is 10.3 Å². The fraction of sp³-hybridized carbons (Fsp3) is 0.100. The summed E-state index contributed by atoms with van der Waals surface area (Å²) in [6.45, 7) is 0. The summed E-state index contributed by atoms with van der Waals surface area (Å²) in [5, 5.41) is 3.18. The highest BCUT2D eigenvalue weighted by atomic mass is 35.5. The Bertz CT molecular complexity index is 767. The van der Waals surface area contributed by atoms with Crippen LogP contribution in [0.3, 0.4) is 0 Å². The van der Waals surface area contributed by atoms with Crippen molar-refractivity contribution in [1.82, 2.24) is 4.98 Å². The number of carbonyl (C=O) groups excluding carboxylic acids is 1. The van der Waals surface area contributed by atoms with Crippen molar-refractivity contribution in [1.29, 1.82) is 0 Å². The Morgan fingerprint density at radius 3 is 2.00 bits per heavy atom. The van der Waals surface area contributed by atoms with Gasteiger partial charge >= 0.3 is 0 Å². The van der Waals surface area contributed by atoms with Gasteiger partial charge in [0, 0.05) is 12.3 Å². The van der Waals surface area contributed by atoms with E-state index in [0.717, 1.165) is 11.1 Å². The Balaban J connectivity index is 1.80. The lowest BCUT2D eigenvalue weighted by molar-refractivity contribution is -0.116. The van der Waals surface area contributed by atoms with Gasteiger partial charge in [0.1, 0.15) is 11.0 Å². The van der Waals surface area contributed by atoms with E-state index < -0.39 is 0 Å². The largest absolute Gasteiger partial charge is 0.311 e. The average molecular weight is 337 g/mol. The smallest absolute Gasteiger partial charge is 0.226 e. The zero-order valence-corrected chi connectivity index (χ0v) is 13.8. The molecule has 3 rings (SSSR count). The number of benzene rings is 2. The van der Waals surface area contributed by atoms with E-state index in [1.807, 2.05) is 60.7 Å². The maximum absolute atomic E-state index is 12.5. The predicted octanol–water partition coefficient (Wildman–Crippen LogP) is 4.90. The van der Waals surface area contributed by atoms with Crippen molar-refractivity contribution in [2.75, 3.05) is 5.32 Å². The van der Waals surface area contributed by atoms with Crippen molar-refractivity contribution in [3.05, 3.63) is 95.1 Å². The van der Waals surface area contributed by atoms with Gasteiger partial charge in [-0.15, -0.1) is 0 Å². The number of pyridine rings is 1. The van der Waals surface area contributed by atoms with E-state index in [-0.39, 0.29) is 11.8 Å². The van der Waals surface area contributed by atoms with Crippen LogP contribution < -0.4 is 5.32 Å². The normalized spacial score (nSPS) is 10.6. The third-order valence-electron chi connectivity index (χ3n) is 3.78. The van der Waals surface area contributed by atoms with Crippen LogP contribution in [-0.2, 0) is 4.79 Å². The van der Waals surface area contributed by atoms with Crippen LogP contribution in [0.5, 0.6) is 0 Å². The van der Waals surface area contributed by atoms with Crippen LogP contribution in [0.15, 0.2) is 78.9 Å². The van der Waals surface area contributed by atoms with Gasteiger partial charge in [-0.05, 0) is 23.3 Å². The Labute approximate surface area is 146 Å². The van der Waals surface area contributed by atoms with E-state index >= 15 is 0 Å². The molecule has 1 heterocycles. The lowest BCUT2D eigenvalue weighted by atomic mass is 9.88. The summed E-state index contributed by atoms with van der Waals surface area (Å²) in [5.74, 6) is 0.362. The Kier molecular flexibility index (Phi) is 5.24. The van der Waals surface area contributed by atoms with Gasteiger partial charge in [-0.25, -0.2) is 4.98 Å². The molecule has 3 aromatic rings. The number of halogens is 1. The number of nitrogens with zero attached hydrogens (tertiary/aromatic N) is 1. The van der Waals surface area contributed by atoms with Crippen molar-refractivity contribution in [2.45, 2.75) is 12.3 Å². The molecule has 0 bridgehead atoms. The summed E-state index contributed by atoms with van der Waals surface area (Å²) in [6.07, 6.45) is 0.336. The van der Waals surface area contributed by atoms with E-state index in [1.165, 1.54) is 0 Å². The Morgan fingerprint density at radius 2 is 1.46 bits per heavy atom. The van der Waals surface area contributed by atoms with Gasteiger partial charge in [0.2, 0.25) is 5.91 Å². The fourth-order valence-electron chi connectivity index (χ4n) is 2.66. The molecule has 0 aliphatic heterocycles. The van der Waals surface area contributed by atoms with Crippen molar-refractivity contribution in [3.63, 3.8) is 0 Å². The molecule has 0 aliphatic rings. The highest BCUT2D eigenvalue weighted by Crippen LogP contribution is 2.28. The number of anilines is 1. The zero-order valence-electron chi connectivity index (χ0n) is 13.0. The summed E-state index contributed by atoms with van der Waals surface area (Å²) >= 11 is 5.86. The molecule has 0 fully saturated rings. The maximum atomic E-state index is 12.5. The van der Waals surface area contributed by atoms with E-state index in [0.29, 0.717) is 17.4 Å². The van der Waals surface area contributed by atoms with Crippen molar-refractivity contribution in [2.24, 2.45) is 0 Å². The fourth-order valence-corrected chi connectivity index (χ4v) is 2.82. The van der Waals surface area contributed by atoms with Crippen LogP contribution in [-0.4, -0.2) is 10.9 Å². The molecular formula is C20H17ClN2O. The second-order valence-corrected chi connectivity index (χ2v) is 5.86. The molecule has 0 atom stereocenters. The molecule has 3 nitrogen and oxygen atoms in total. The Hall–Kier alpha value is -2.65. The molecule has 120 valence electrons. The molecule has 1 amide bonds. The first-order valence-electron chi connectivity index (χ1n) is 7.74. The lowest BCUT2D eigenvalue weighted by Gasteiger charge is -2.17. The number of hydrogen-bond acceptors (Lipinski definition) is 2. The molecule has 0 saturated carbocycles. The highest BCUT2D eigenvalue weighted by molar-refractivity contribution is 6.29. The van der Waals surface area contributed by atoms with Crippen LogP contribution >= 0.6 is 11.6 Å². The highest BCUT2D eigenvalue weighted by Gasteiger charge is 2.18. The quantitative estimate of drug-likeness (QED) is 0.673. The molecule has 4 heteroatoms. The van der Waals surface area contributed by atoms with E-state index in [4.69, 9.17) is 11.6 Å². The maximum Gasteiger partial charge on any atom is 0.226 e. The number of carbonyl (C=O) groups is 1. The second-order valence-electron chi connectivity index (χ2n) is 5.47. The Morgan fingerprint density at radius 1 is 0.875 bits per heavy atom. The standard InChI is InChI=1S/C20H17ClN2O/c21-18-12-7-13-19(22-18)23-20(24)14-17(15-8-3-1-4-9-15)16-10-5-2-6-11-16/h1-13,17H,14H2,(H,22,23,24). The third kappa shape index (κ3) is 4.21. The van der Waals surface area contributed by atoms with Crippen LogP contribution in [0, 0.1) is 0 Å². The molecular weight excluding hydrogens is 320 g/mol. The molecule has 0 aliphatic carbocycles. The summed E-state index contributed by atoms with van der Waals surface area (Å²) in [5.41, 5.74) is 2.22. The molecule has 1 N–H and O–H groups in total. The molecule has 24 heavy (non-hydrogen) atoms. The van der Waals surface area contributed by atoms with Crippen LogP contribution in [0.2, 0.25) is 5.15 Å². The molecule has 0 saturated heterocycles. The summed E-state index contributed by atoms with van der Waals surface area (Å²) in [4.78, 5) is 16.6. The molecule has 2 aromatic carbocycles. The molecule has 1 aromatic heterocycles. The van der Waals surface area contributed by atoms with E-state index in [1.54, 1.807) is 18.2 Å². The average Bonchev–Trinajstić information content (AvgIpc) is 2.61. The third-order valence-corrected chi connectivity index (χ3v) is 3.99. The van der Waals surface area contributed by atoms with Gasteiger partial charge < -0.3 is 5.32 Å². The summed E-state index contributed by atoms with van der Waals surface area (Å²) in [6, 6.07) is 25.2. The molecule has 0 spiro atoms. The van der Waals surface area contributed by atoms with Crippen LogP contribution in [0.25, 0.3) is 0 Å². The van der Waals surface area contributed by atoms with Crippen molar-refractivity contribution < 1.29 is 4.79 Å². The van der Waals surface area contributed by atoms with Crippen molar-refractivity contribution >= 4 is 23.3 Å². The lowest BCUT2D eigenvalue weighted by Crippen LogP contribution is -2.17. The van der Waals surface area contributed by atoms with Gasteiger partial charge in [0.15, 0.2) is 0 Å². The van der Waals surface area contributed by atoms with Crippen LogP contribution in [0.4, 0.5) is 5.82 Å². The monoisotopic (exact) mass is 336 g/mol. The minimum absolute atomic E-state index is 0.00779. The second kappa shape index (κ2) is 7.75. The SMILES string of the molecule is O=C(CC(c1ccccc1)c1ccccc1)Nc1cccc(Cl)n1. The molecule has 0 radical (unpaired) electrons. The number of amides is 1. The first-order chi connectivity index (χ1) is 11.7. The molecule has 0 unspecified atom stereocenters. The predicted molar refractivity (Wildman–Crippen MR) is 97.2 cm³/mol. The van der Waals surface area contributed by atoms with Gasteiger partial charge in [-0.3, -0.25) is 4.79 Å². The van der Waals surface area contributed by atoms with Gasteiger partial charge in [0.25, 0.3) is 0 Å². The minimum Gasteiger partial charge on any atom is -0.311 e. The van der Waals surface area contributed by atoms with E-state index in [9.17, 15) is 4.79 Å². The summed E-state index contributed by atoms with van der Waals surface area (Å²) in [7, 11) is 0. The zero-order chi connectivity index (χ0) is 16.8. The number of nitrogens with one attached hydrogen (secondary N) is 1. The van der Waals surface area contributed by atoms with Crippen molar-refractivity contribution in [3.8, 4) is 0 Å². The number of aromatic nitrogens is 1. The topological polar surface area (TPSA) is 42.0 Å². The minimum atomic E-state index is -0.0949. The first-order valence-corrected chi connectivity index (χ1v) is 8.12.